The van der Waals surface area contributed by atoms with Gasteiger partial charge in [0.25, 0.3) is 30.1 Å². The number of nitrogens with zero attached hydrogens (tertiary/aromatic N) is 14. The van der Waals surface area contributed by atoms with Crippen LogP contribution in [0.5, 0.6) is 0 Å². The number of fused-ring (bicyclic) bond motifs is 6. The van der Waals surface area contributed by atoms with Gasteiger partial charge in [0, 0.05) is 156 Å². The summed E-state index contributed by atoms with van der Waals surface area (Å²) < 4.78 is 47.6. The van der Waals surface area contributed by atoms with Crippen LogP contribution in [0.3, 0.4) is 0 Å². The lowest BCUT2D eigenvalue weighted by atomic mass is 9.90. The van der Waals surface area contributed by atoms with Gasteiger partial charge in [0.05, 0.1) is 43.0 Å². The standard InChI is InChI=1S/C21H19N3O.C20H23N5O2.C18H21N5O.C17H16FN3O.C17H17N3O/c1-13-21(24-20(22)25-13)10-15-6-4-7-17(18(15)11-21)16-9-14-5-2-3-8-19(14)23-12-16;1-13-20(24-19(21)27-13)9-14-3-2-4-15(16(14)10-20)17-11-22-12-18(23-17)25-5-7-26-8-6-25;1-11-18(22-16(19)24-11)7-12-5-4-6-14(15(12)8-18)13-9-20-17(21-10-13)23(2)3;1-10-17(21-16(19)22-10)7-11-3-2-4-12(14(11)8-17)13-5-6-20-9-15(13)18;1-11-17(20-16(18)21-11)9-13-3-2-4-14(15(13)10-17)12-5-7-19-8-6-12/h2-9,12-13H,10-11H2,1H3,(H2,22,24);2-4,11-13H,5-10H2,1H3,(H2,21,24);4-6,9-11H,7-8H2,1-3H3,(H2,19,22);2-6,9-10H,7-8H2,1H3,(H2,19,21);2-8,11H,9-10H2,1H3,(H2,18,20)/t13-,21-;13-,20-;11-,18-;10-,17-;11-,17-/m11111/s1. The van der Waals surface area contributed by atoms with Crippen molar-refractivity contribution in [3.63, 3.8) is 0 Å². The molecule has 0 bridgehead atoms. The lowest BCUT2D eigenvalue weighted by Gasteiger charge is -2.27. The zero-order valence-corrected chi connectivity index (χ0v) is 67.7. The van der Waals surface area contributed by atoms with E-state index in [1.165, 1.54) is 78.5 Å². The molecule has 11 aromatic rings. The fourth-order valence-corrected chi connectivity index (χ4v) is 19.3. The summed E-state index contributed by atoms with van der Waals surface area (Å²) in [6, 6.07) is 49.4. The zero-order valence-electron chi connectivity index (χ0n) is 67.7. The van der Waals surface area contributed by atoms with Crippen LogP contribution in [0.1, 0.15) is 90.3 Å². The van der Waals surface area contributed by atoms with Gasteiger partial charge < -0.3 is 66.9 Å². The Hall–Kier alpha value is -13.0. The highest BCUT2D eigenvalue weighted by molar-refractivity contribution is 5.86. The minimum absolute atomic E-state index is 0.00229. The van der Waals surface area contributed by atoms with Crippen molar-refractivity contribution in [2.75, 3.05) is 50.2 Å². The van der Waals surface area contributed by atoms with E-state index in [2.05, 4.69) is 165 Å². The number of aromatic nitrogens is 7. The molecular formula is C93H96FN19O6. The van der Waals surface area contributed by atoms with Crippen molar-refractivity contribution in [3.8, 4) is 55.8 Å². The molecule has 10 atom stereocenters. The Morgan fingerprint density at radius 2 is 0.773 bits per heavy atom. The molecule has 10 N–H and O–H groups in total. The molecule has 6 aromatic carbocycles. The van der Waals surface area contributed by atoms with Crippen LogP contribution in [0, 0.1) is 5.82 Å². The van der Waals surface area contributed by atoms with Gasteiger partial charge in [-0.2, -0.15) is 0 Å². The smallest absolute Gasteiger partial charge is 0.282 e. The molecular weight excluding hydrogens is 1500 g/mol. The van der Waals surface area contributed by atoms with Gasteiger partial charge in [-0.15, -0.1) is 0 Å². The first kappa shape index (κ1) is 77.3. The molecule has 22 rings (SSSR count). The third-order valence-electron chi connectivity index (χ3n) is 25.7. The van der Waals surface area contributed by atoms with Gasteiger partial charge in [-0.1, -0.05) is 109 Å². The van der Waals surface area contributed by atoms with Crippen molar-refractivity contribution in [1.29, 1.82) is 0 Å². The summed E-state index contributed by atoms with van der Waals surface area (Å²) in [5.41, 5.74) is 52.1. The predicted octanol–water partition coefficient (Wildman–Crippen LogP) is 11.6. The number of anilines is 2. The first-order valence-corrected chi connectivity index (χ1v) is 40.7. The Morgan fingerprint density at radius 3 is 1.21 bits per heavy atom. The molecule has 1 fully saturated rings. The summed E-state index contributed by atoms with van der Waals surface area (Å²) in [5, 5.41) is 1.16. The molecule has 5 aliphatic carbocycles. The van der Waals surface area contributed by atoms with Gasteiger partial charge in [0.2, 0.25) is 5.95 Å². The SMILES string of the molecule is C[C@H]1OC(N)=N[C@@]12Cc1cccc(-c3ccncc3)c1C2.C[C@H]1OC(N)=N[C@@]12Cc1cccc(-c3ccncc3F)c1C2.C[C@H]1OC(N)=N[C@@]12Cc1cccc(-c3cnc(N(C)C)nc3)c1C2.C[C@H]1OC(N)=N[C@@]12Cc1cccc(-c3cnc4ccccc4c3)c1C2.C[C@H]1OC(N)=N[C@@]12Cc1cccc(-c3cncc(N4CCOCC4)n3)c1C2. The number of para-hydroxylation sites is 1. The van der Waals surface area contributed by atoms with Crippen molar-refractivity contribution in [3.05, 3.63) is 257 Å². The topological polar surface area (TPSA) is 344 Å². The summed E-state index contributed by atoms with van der Waals surface area (Å²) >= 11 is 0. The second-order valence-corrected chi connectivity index (χ2v) is 33.1. The van der Waals surface area contributed by atoms with Gasteiger partial charge in [-0.3, -0.25) is 19.9 Å². The number of halogens is 1. The van der Waals surface area contributed by atoms with Crippen molar-refractivity contribution in [1.82, 2.24) is 34.9 Å². The molecule has 0 saturated carbocycles. The van der Waals surface area contributed by atoms with E-state index >= 15 is 0 Å². The third kappa shape index (κ3) is 14.5. The number of rotatable bonds is 7. The maximum atomic E-state index is 14.1. The highest BCUT2D eigenvalue weighted by Gasteiger charge is 2.53. The molecule has 1 saturated heterocycles. The number of nitrogens with two attached hydrogens (primary N) is 5. The molecule has 0 amide bonds. The minimum Gasteiger partial charge on any atom is -0.460 e. The molecule has 0 unspecified atom stereocenters. The van der Waals surface area contributed by atoms with Crippen LogP contribution < -0.4 is 38.5 Å². The van der Waals surface area contributed by atoms with Crippen LogP contribution in [-0.2, 0) is 92.6 Å². The van der Waals surface area contributed by atoms with E-state index in [0.717, 1.165) is 134 Å². The summed E-state index contributed by atoms with van der Waals surface area (Å²) in [7, 11) is 3.87. The minimum atomic E-state index is -0.355. The van der Waals surface area contributed by atoms with Crippen molar-refractivity contribution in [2.45, 2.75) is 157 Å². The normalized spacial score (nSPS) is 25.6. The zero-order chi connectivity index (χ0) is 82.1. The number of ether oxygens (including phenoxy) is 6. The first-order valence-electron chi connectivity index (χ1n) is 40.7. The Kier molecular flexibility index (Phi) is 20.0. The van der Waals surface area contributed by atoms with E-state index in [4.69, 9.17) is 62.1 Å². The molecule has 26 heteroatoms. The second kappa shape index (κ2) is 30.8. The van der Waals surface area contributed by atoms with Crippen LogP contribution in [0.4, 0.5) is 16.2 Å². The summed E-state index contributed by atoms with van der Waals surface area (Å²) in [4.78, 5) is 58.0. The number of hydrogen-bond donors (Lipinski definition) is 5. The Morgan fingerprint density at radius 1 is 0.378 bits per heavy atom. The van der Waals surface area contributed by atoms with Crippen molar-refractivity contribution in [2.24, 2.45) is 53.6 Å². The fourth-order valence-electron chi connectivity index (χ4n) is 19.3. The second-order valence-electron chi connectivity index (χ2n) is 33.1. The van der Waals surface area contributed by atoms with Gasteiger partial charge >= 0.3 is 0 Å². The highest BCUT2D eigenvalue weighted by Crippen LogP contribution is 2.49. The highest BCUT2D eigenvalue weighted by atomic mass is 19.1. The van der Waals surface area contributed by atoms with E-state index in [9.17, 15) is 4.39 Å². The van der Waals surface area contributed by atoms with Gasteiger partial charge in [0.1, 0.15) is 69.8 Å². The van der Waals surface area contributed by atoms with Gasteiger partial charge in [0.15, 0.2) is 0 Å². The van der Waals surface area contributed by atoms with Crippen molar-refractivity contribution < 1.29 is 32.8 Å². The number of benzene rings is 6. The summed E-state index contributed by atoms with van der Waals surface area (Å²) in [6.07, 6.45) is 24.2. The third-order valence-corrected chi connectivity index (χ3v) is 25.7. The number of pyridine rings is 3. The van der Waals surface area contributed by atoms with Gasteiger partial charge in [-0.05, 0) is 148 Å². The average Bonchev–Trinajstić information content (AvgIpc) is 1.62. The first-order chi connectivity index (χ1) is 57.5. The summed E-state index contributed by atoms with van der Waals surface area (Å²) in [6.45, 7) is 13.3. The Bertz CT molecular complexity index is 5920. The Labute approximate surface area is 690 Å². The Balaban J connectivity index is 0.000000103. The molecule has 119 heavy (non-hydrogen) atoms. The van der Waals surface area contributed by atoms with Crippen LogP contribution in [-0.4, -0.2) is 164 Å². The molecule has 5 spiro atoms. The lowest BCUT2D eigenvalue weighted by Crippen LogP contribution is -2.37. The molecule has 5 aromatic heterocycles. The number of amidine groups is 5. The van der Waals surface area contributed by atoms with E-state index in [1.54, 1.807) is 12.3 Å². The maximum absolute atomic E-state index is 14.1. The van der Waals surface area contributed by atoms with E-state index in [-0.39, 0.29) is 70.1 Å². The van der Waals surface area contributed by atoms with Crippen LogP contribution in [0.25, 0.3) is 66.7 Å². The van der Waals surface area contributed by atoms with E-state index in [1.807, 2.05) is 126 Å². The number of morpholine rings is 1. The number of hydrogen-bond acceptors (Lipinski definition) is 25. The monoisotopic (exact) mass is 1590 g/mol. The summed E-state index contributed by atoms with van der Waals surface area (Å²) in [5.74, 6) is 1.30. The van der Waals surface area contributed by atoms with E-state index < -0.39 is 0 Å². The van der Waals surface area contributed by atoms with Crippen molar-refractivity contribution >= 4 is 52.8 Å². The predicted molar refractivity (Wildman–Crippen MR) is 460 cm³/mol. The van der Waals surface area contributed by atoms with E-state index in [0.29, 0.717) is 42.0 Å². The van der Waals surface area contributed by atoms with Crippen LogP contribution >= 0.6 is 0 Å². The molecule has 11 aliphatic rings. The number of aliphatic imine (C=N–C) groups is 5. The average molecular weight is 1590 g/mol. The molecule has 11 heterocycles. The maximum Gasteiger partial charge on any atom is 0.282 e. The quantitative estimate of drug-likeness (QED) is 0.0989. The fraction of sp³-hybridized carbons (Fsp3) is 0.333. The molecule has 6 aliphatic heterocycles. The van der Waals surface area contributed by atoms with Gasteiger partial charge in [-0.25, -0.2) is 44.3 Å². The van der Waals surface area contributed by atoms with Crippen LogP contribution in [0.15, 0.2) is 220 Å². The molecule has 0 radical (unpaired) electrons. The molecule has 606 valence electrons. The lowest BCUT2D eigenvalue weighted by molar-refractivity contribution is 0.122. The largest absolute Gasteiger partial charge is 0.460 e. The van der Waals surface area contributed by atoms with Crippen LogP contribution in [0.2, 0.25) is 0 Å². The molecule has 25 nitrogen and oxygen atoms in total.